The molecule has 228 valence electrons. The fraction of sp³-hybridized carbons (Fsp3) is 0.310. The van der Waals surface area contributed by atoms with Gasteiger partial charge in [0.1, 0.15) is 12.2 Å². The first-order chi connectivity index (χ1) is 19.7. The number of alkyl carbamates (subject to hydrolysis) is 1. The Balaban J connectivity index is 0.000000518. The average Bonchev–Trinajstić information content (AvgIpc) is 2.89. The summed E-state index contributed by atoms with van der Waals surface area (Å²) in [7, 11) is 0. The monoisotopic (exact) mass is 663 g/mol. The normalized spacial score (nSPS) is 11.8. The number of amides is 1. The minimum absolute atomic E-state index is 0.0577. The smallest absolute Gasteiger partial charge is 0.408 e. The van der Waals surface area contributed by atoms with Crippen molar-refractivity contribution < 1.29 is 50.1 Å². The molecule has 0 heterocycles. The van der Waals surface area contributed by atoms with Crippen molar-refractivity contribution in [3.8, 4) is 0 Å². The molecule has 0 radical (unpaired) electrons. The van der Waals surface area contributed by atoms with Gasteiger partial charge >= 0.3 is 6.09 Å². The number of hydrogen-bond acceptors (Lipinski definition) is 5. The van der Waals surface area contributed by atoms with E-state index in [4.69, 9.17) is 14.2 Å². The summed E-state index contributed by atoms with van der Waals surface area (Å²) in [6, 6.07) is 11.6. The van der Waals surface area contributed by atoms with Gasteiger partial charge in [-0.2, -0.15) is 0 Å². The standard InChI is InChI=1S/C23H26F3NO5.C6H2BrF3/c1-23(2,3)32-22(29)27-17(12-30-11-15-7-5-4-6-8-15)13-31-14-20(28)16-9-18(24)21(26)19(25)10-16;7-3-1-4(8)6(10)5(9)2-3/h4-10,17H,11-14H2,1-3H3,(H,27,29);1-2H/t17-;/m0./s1. The first-order valence-electron chi connectivity index (χ1n) is 12.3. The maximum atomic E-state index is 13.3. The van der Waals surface area contributed by atoms with Crippen molar-refractivity contribution in [1.82, 2.24) is 5.32 Å². The molecule has 0 fully saturated rings. The highest BCUT2D eigenvalue weighted by atomic mass is 79.9. The largest absolute Gasteiger partial charge is 0.444 e. The fourth-order valence-electron chi connectivity index (χ4n) is 3.12. The number of carbonyl (C=O) groups excluding carboxylic acids is 2. The summed E-state index contributed by atoms with van der Waals surface area (Å²) < 4.78 is 92.6. The van der Waals surface area contributed by atoms with Crippen LogP contribution in [0.2, 0.25) is 0 Å². The first kappa shape index (κ1) is 34.8. The Morgan fingerprint density at radius 1 is 0.810 bits per heavy atom. The van der Waals surface area contributed by atoms with Gasteiger partial charge < -0.3 is 19.5 Å². The fourth-order valence-corrected chi connectivity index (χ4v) is 3.52. The van der Waals surface area contributed by atoms with E-state index in [-0.39, 0.29) is 23.2 Å². The van der Waals surface area contributed by atoms with Gasteiger partial charge in [-0.15, -0.1) is 0 Å². The van der Waals surface area contributed by atoms with Crippen molar-refractivity contribution in [2.75, 3.05) is 19.8 Å². The van der Waals surface area contributed by atoms with Crippen molar-refractivity contribution in [3.63, 3.8) is 0 Å². The van der Waals surface area contributed by atoms with Crippen molar-refractivity contribution in [1.29, 1.82) is 0 Å². The lowest BCUT2D eigenvalue weighted by atomic mass is 10.1. The quantitative estimate of drug-likeness (QED) is 0.107. The first-order valence-corrected chi connectivity index (χ1v) is 13.1. The van der Waals surface area contributed by atoms with Crippen LogP contribution in [0.15, 0.2) is 59.1 Å². The van der Waals surface area contributed by atoms with E-state index in [1.807, 2.05) is 30.3 Å². The Kier molecular flexibility index (Phi) is 13.5. The maximum absolute atomic E-state index is 13.3. The van der Waals surface area contributed by atoms with Gasteiger partial charge in [-0.3, -0.25) is 4.79 Å². The van der Waals surface area contributed by atoms with Crippen molar-refractivity contribution >= 4 is 27.8 Å². The Hall–Kier alpha value is -3.42. The number of Topliss-reactive ketones (excluding diaryl/α,β-unsaturated/α-hetero) is 1. The molecule has 1 N–H and O–H groups in total. The SMILES string of the molecule is CC(C)(C)OC(=O)N[C@H](COCC(=O)c1cc(F)c(F)c(F)c1)COCc1ccccc1.Fc1cc(Br)cc(F)c1F. The van der Waals surface area contributed by atoms with E-state index in [1.165, 1.54) is 0 Å². The molecule has 0 saturated heterocycles. The van der Waals surface area contributed by atoms with Crippen LogP contribution in [-0.2, 0) is 20.8 Å². The zero-order valence-corrected chi connectivity index (χ0v) is 24.4. The van der Waals surface area contributed by atoms with Gasteiger partial charge in [-0.25, -0.2) is 31.1 Å². The number of halogens is 7. The molecule has 0 aliphatic rings. The van der Waals surface area contributed by atoms with E-state index in [2.05, 4.69) is 21.2 Å². The molecule has 0 unspecified atom stereocenters. The summed E-state index contributed by atoms with van der Waals surface area (Å²) in [6.45, 7) is 4.82. The van der Waals surface area contributed by atoms with E-state index in [1.54, 1.807) is 20.8 Å². The van der Waals surface area contributed by atoms with Crippen LogP contribution < -0.4 is 5.32 Å². The second kappa shape index (κ2) is 16.3. The molecule has 42 heavy (non-hydrogen) atoms. The molecule has 0 saturated carbocycles. The summed E-state index contributed by atoms with van der Waals surface area (Å²) >= 11 is 2.80. The lowest BCUT2D eigenvalue weighted by Crippen LogP contribution is -2.44. The number of carbonyl (C=O) groups is 2. The van der Waals surface area contributed by atoms with E-state index >= 15 is 0 Å². The summed E-state index contributed by atoms with van der Waals surface area (Å²) in [5.74, 6) is -9.15. The van der Waals surface area contributed by atoms with Crippen LogP contribution in [0.4, 0.5) is 31.1 Å². The highest BCUT2D eigenvalue weighted by molar-refractivity contribution is 9.10. The van der Waals surface area contributed by atoms with Crippen LogP contribution in [0, 0.1) is 34.9 Å². The summed E-state index contributed by atoms with van der Waals surface area (Å²) in [5.41, 5.74) is -0.147. The molecule has 6 nitrogen and oxygen atoms in total. The minimum atomic E-state index is -1.65. The topological polar surface area (TPSA) is 73.9 Å². The Labute approximate surface area is 247 Å². The molecule has 3 rings (SSSR count). The molecule has 3 aromatic carbocycles. The number of hydrogen-bond donors (Lipinski definition) is 1. The molecule has 3 aromatic rings. The second-order valence-electron chi connectivity index (χ2n) is 9.72. The van der Waals surface area contributed by atoms with E-state index in [9.17, 15) is 35.9 Å². The number of benzene rings is 3. The molecular weight excluding hydrogens is 636 g/mol. The van der Waals surface area contributed by atoms with Crippen LogP contribution >= 0.6 is 15.9 Å². The highest BCUT2D eigenvalue weighted by Gasteiger charge is 2.21. The van der Waals surface area contributed by atoms with Crippen LogP contribution in [0.3, 0.4) is 0 Å². The van der Waals surface area contributed by atoms with Crippen LogP contribution in [0.1, 0.15) is 36.7 Å². The molecule has 1 amide bonds. The molecule has 1 atom stereocenters. The second-order valence-corrected chi connectivity index (χ2v) is 10.6. The van der Waals surface area contributed by atoms with Crippen molar-refractivity contribution in [2.24, 2.45) is 0 Å². The minimum Gasteiger partial charge on any atom is -0.444 e. The predicted octanol–water partition coefficient (Wildman–Crippen LogP) is 7.28. The third-order valence-electron chi connectivity index (χ3n) is 4.96. The van der Waals surface area contributed by atoms with Crippen LogP contribution in [0.5, 0.6) is 0 Å². The summed E-state index contributed by atoms with van der Waals surface area (Å²) in [4.78, 5) is 24.2. The Morgan fingerprint density at radius 2 is 1.31 bits per heavy atom. The van der Waals surface area contributed by atoms with Crippen molar-refractivity contribution in [2.45, 2.75) is 39.0 Å². The summed E-state index contributed by atoms with van der Waals surface area (Å²) in [6.07, 6.45) is -0.691. The van der Waals surface area contributed by atoms with Gasteiger partial charge in [-0.05, 0) is 50.6 Å². The lowest BCUT2D eigenvalue weighted by molar-refractivity contribution is 0.0265. The van der Waals surface area contributed by atoms with Gasteiger partial charge in [0.05, 0.1) is 25.9 Å². The maximum Gasteiger partial charge on any atom is 0.408 e. The molecule has 0 aliphatic heterocycles. The number of ketones is 1. The van der Waals surface area contributed by atoms with Gasteiger partial charge in [0.15, 0.2) is 40.7 Å². The molecular formula is C29H28BrF6NO5. The molecule has 0 aliphatic carbocycles. The van der Waals surface area contributed by atoms with E-state index in [0.29, 0.717) is 18.7 Å². The zero-order valence-electron chi connectivity index (χ0n) is 22.8. The third kappa shape index (κ3) is 12.2. The average molecular weight is 664 g/mol. The molecule has 0 aromatic heterocycles. The van der Waals surface area contributed by atoms with Crippen LogP contribution in [0.25, 0.3) is 0 Å². The van der Waals surface area contributed by atoms with Crippen LogP contribution in [-0.4, -0.2) is 43.3 Å². The number of ether oxygens (including phenoxy) is 3. The Bertz CT molecular complexity index is 1310. The van der Waals surface area contributed by atoms with Gasteiger partial charge in [0, 0.05) is 10.0 Å². The highest BCUT2D eigenvalue weighted by Crippen LogP contribution is 2.17. The molecule has 0 spiro atoms. The van der Waals surface area contributed by atoms with E-state index in [0.717, 1.165) is 17.7 Å². The zero-order chi connectivity index (χ0) is 31.4. The molecule has 13 heteroatoms. The molecule has 0 bridgehead atoms. The van der Waals surface area contributed by atoms with Gasteiger partial charge in [0.25, 0.3) is 0 Å². The van der Waals surface area contributed by atoms with E-state index < -0.39 is 65.0 Å². The predicted molar refractivity (Wildman–Crippen MR) is 145 cm³/mol. The van der Waals surface area contributed by atoms with Crippen molar-refractivity contribution in [3.05, 3.63) is 105 Å². The summed E-state index contributed by atoms with van der Waals surface area (Å²) in [5, 5.41) is 2.61. The van der Waals surface area contributed by atoms with Gasteiger partial charge in [0.2, 0.25) is 0 Å². The van der Waals surface area contributed by atoms with Gasteiger partial charge in [-0.1, -0.05) is 46.3 Å². The lowest BCUT2D eigenvalue weighted by Gasteiger charge is -2.23. The Morgan fingerprint density at radius 3 is 1.83 bits per heavy atom. The third-order valence-corrected chi connectivity index (χ3v) is 5.42. The number of rotatable bonds is 10. The number of nitrogens with one attached hydrogen (secondary N) is 1.